The van der Waals surface area contributed by atoms with Crippen LogP contribution >= 0.6 is 11.8 Å². The second kappa shape index (κ2) is 4.71. The molecule has 15 heavy (non-hydrogen) atoms. The molecule has 0 saturated heterocycles. The summed E-state index contributed by atoms with van der Waals surface area (Å²) < 4.78 is 0. The Kier molecular flexibility index (Phi) is 3.31. The first-order chi connectivity index (χ1) is 7.25. The molecule has 1 aromatic carbocycles. The first kappa shape index (κ1) is 10.6. The van der Waals surface area contributed by atoms with E-state index in [4.69, 9.17) is 5.11 Å². The van der Waals surface area contributed by atoms with Gasteiger partial charge in [0.15, 0.2) is 0 Å². The fourth-order valence-electron chi connectivity index (χ4n) is 1.94. The first-order valence-electron chi connectivity index (χ1n) is 5.22. The number of thioether (sulfide) groups is 1. The van der Waals surface area contributed by atoms with E-state index in [1.54, 1.807) is 0 Å². The molecule has 0 saturated carbocycles. The van der Waals surface area contributed by atoms with Crippen LogP contribution in [0.2, 0.25) is 0 Å². The third kappa shape index (κ3) is 2.75. The lowest BCUT2D eigenvalue weighted by Crippen LogP contribution is -2.03. The van der Waals surface area contributed by atoms with Crippen LogP contribution in [0.3, 0.4) is 0 Å². The lowest BCUT2D eigenvalue weighted by Gasteiger charge is -2.16. The number of rotatable bonds is 3. The smallest absolute Gasteiger partial charge is 0.313 e. The molecule has 0 unspecified atom stereocenters. The van der Waals surface area contributed by atoms with Crippen molar-refractivity contribution in [2.24, 2.45) is 0 Å². The minimum absolute atomic E-state index is 0.152. The summed E-state index contributed by atoms with van der Waals surface area (Å²) in [6.45, 7) is 0. The van der Waals surface area contributed by atoms with Gasteiger partial charge in [-0.25, -0.2) is 0 Å². The zero-order valence-corrected chi connectivity index (χ0v) is 9.35. The molecule has 1 aliphatic rings. The molecule has 1 aromatic rings. The van der Waals surface area contributed by atoms with Crippen LogP contribution in [0.4, 0.5) is 0 Å². The van der Waals surface area contributed by atoms with E-state index < -0.39 is 5.97 Å². The maximum Gasteiger partial charge on any atom is 0.313 e. The molecule has 1 aliphatic carbocycles. The Hall–Kier alpha value is -0.960. The molecule has 0 aromatic heterocycles. The van der Waals surface area contributed by atoms with Gasteiger partial charge in [-0.15, -0.1) is 11.8 Å². The number of aliphatic carboxylic acids is 1. The normalized spacial score (nSPS) is 14.7. The maximum atomic E-state index is 10.4. The first-order valence-corrected chi connectivity index (χ1v) is 6.20. The van der Waals surface area contributed by atoms with Gasteiger partial charge in [-0.2, -0.15) is 0 Å². The molecular formula is C12H14O2S. The molecule has 0 aliphatic heterocycles. The molecule has 80 valence electrons. The number of benzene rings is 1. The topological polar surface area (TPSA) is 37.3 Å². The fourth-order valence-corrected chi connectivity index (χ4v) is 2.62. The largest absolute Gasteiger partial charge is 0.481 e. The van der Waals surface area contributed by atoms with E-state index in [1.807, 2.05) is 6.07 Å². The van der Waals surface area contributed by atoms with Gasteiger partial charge in [0, 0.05) is 4.90 Å². The number of hydrogen-bond acceptors (Lipinski definition) is 2. The Labute approximate surface area is 93.7 Å². The van der Waals surface area contributed by atoms with Gasteiger partial charge in [0.2, 0.25) is 0 Å². The van der Waals surface area contributed by atoms with E-state index in [1.165, 1.54) is 42.2 Å². The highest BCUT2D eigenvalue weighted by molar-refractivity contribution is 8.00. The summed E-state index contributed by atoms with van der Waals surface area (Å²) in [6.07, 6.45) is 4.88. The lowest BCUT2D eigenvalue weighted by atomic mass is 9.92. The van der Waals surface area contributed by atoms with Gasteiger partial charge in [-0.05, 0) is 48.9 Å². The molecule has 0 amide bonds. The number of carboxylic acid groups (broad SMARTS) is 1. The zero-order valence-electron chi connectivity index (χ0n) is 8.53. The van der Waals surface area contributed by atoms with E-state index in [2.05, 4.69) is 12.1 Å². The molecule has 2 rings (SSSR count). The van der Waals surface area contributed by atoms with Crippen molar-refractivity contribution < 1.29 is 9.90 Å². The minimum Gasteiger partial charge on any atom is -0.481 e. The second-order valence-electron chi connectivity index (χ2n) is 3.82. The Morgan fingerprint density at radius 1 is 1.27 bits per heavy atom. The van der Waals surface area contributed by atoms with Gasteiger partial charge in [-0.1, -0.05) is 6.07 Å². The molecular weight excluding hydrogens is 208 g/mol. The summed E-state index contributed by atoms with van der Waals surface area (Å²) in [6, 6.07) is 6.35. The fraction of sp³-hybridized carbons (Fsp3) is 0.417. The van der Waals surface area contributed by atoms with E-state index >= 15 is 0 Å². The number of aryl methyl sites for hydroxylation is 2. The summed E-state index contributed by atoms with van der Waals surface area (Å²) in [5, 5.41) is 8.59. The van der Waals surface area contributed by atoms with Crippen LogP contribution in [0, 0.1) is 0 Å². The molecule has 2 nitrogen and oxygen atoms in total. The van der Waals surface area contributed by atoms with Gasteiger partial charge in [0.1, 0.15) is 0 Å². The van der Waals surface area contributed by atoms with Crippen LogP contribution in [0.5, 0.6) is 0 Å². The number of carbonyl (C=O) groups is 1. The summed E-state index contributed by atoms with van der Waals surface area (Å²) in [5.41, 5.74) is 2.86. The molecule has 0 heterocycles. The second-order valence-corrected chi connectivity index (χ2v) is 4.87. The monoisotopic (exact) mass is 222 g/mol. The van der Waals surface area contributed by atoms with Crippen LogP contribution in [-0.2, 0) is 17.6 Å². The standard InChI is InChI=1S/C12H14O2S/c13-12(14)8-15-11-6-5-9-3-1-2-4-10(9)7-11/h5-7H,1-4,8H2,(H,13,14). The highest BCUT2D eigenvalue weighted by Gasteiger charge is 2.09. The number of hydrogen-bond donors (Lipinski definition) is 1. The van der Waals surface area contributed by atoms with Crippen molar-refractivity contribution in [2.45, 2.75) is 30.6 Å². The van der Waals surface area contributed by atoms with Gasteiger partial charge in [0.05, 0.1) is 5.75 Å². The third-order valence-corrected chi connectivity index (χ3v) is 3.66. The quantitative estimate of drug-likeness (QED) is 0.799. The van der Waals surface area contributed by atoms with Crippen molar-refractivity contribution in [3.63, 3.8) is 0 Å². The van der Waals surface area contributed by atoms with Crippen LogP contribution in [-0.4, -0.2) is 16.8 Å². The Balaban J connectivity index is 2.10. The van der Waals surface area contributed by atoms with Gasteiger partial charge < -0.3 is 5.11 Å². The Morgan fingerprint density at radius 2 is 2.00 bits per heavy atom. The Bertz CT molecular complexity index is 374. The molecule has 0 radical (unpaired) electrons. The highest BCUT2D eigenvalue weighted by Crippen LogP contribution is 2.26. The maximum absolute atomic E-state index is 10.4. The van der Waals surface area contributed by atoms with Gasteiger partial charge in [-0.3, -0.25) is 4.79 Å². The average molecular weight is 222 g/mol. The van der Waals surface area contributed by atoms with Crippen molar-refractivity contribution in [3.05, 3.63) is 29.3 Å². The zero-order chi connectivity index (χ0) is 10.7. The predicted molar refractivity (Wildman–Crippen MR) is 61.4 cm³/mol. The SMILES string of the molecule is O=C(O)CSc1ccc2c(c1)CCCC2. The van der Waals surface area contributed by atoms with Crippen LogP contribution < -0.4 is 0 Å². The molecule has 0 atom stereocenters. The van der Waals surface area contributed by atoms with Crippen molar-refractivity contribution in [1.29, 1.82) is 0 Å². The summed E-state index contributed by atoms with van der Waals surface area (Å²) in [5.74, 6) is -0.601. The summed E-state index contributed by atoms with van der Waals surface area (Å²) in [4.78, 5) is 11.5. The molecule has 0 bridgehead atoms. The van der Waals surface area contributed by atoms with E-state index in [9.17, 15) is 4.79 Å². The third-order valence-electron chi connectivity index (χ3n) is 2.68. The molecule has 0 fully saturated rings. The average Bonchev–Trinajstić information content (AvgIpc) is 2.26. The molecule has 0 spiro atoms. The number of carboxylic acids is 1. The molecule has 3 heteroatoms. The molecule has 1 N–H and O–H groups in total. The van der Waals surface area contributed by atoms with Crippen molar-refractivity contribution in [2.75, 3.05) is 5.75 Å². The van der Waals surface area contributed by atoms with Crippen molar-refractivity contribution >= 4 is 17.7 Å². The van der Waals surface area contributed by atoms with Crippen LogP contribution in [0.1, 0.15) is 24.0 Å². The summed E-state index contributed by atoms with van der Waals surface area (Å²) >= 11 is 1.40. The predicted octanol–water partition coefficient (Wildman–Crippen LogP) is 2.74. The van der Waals surface area contributed by atoms with Gasteiger partial charge >= 0.3 is 5.97 Å². The van der Waals surface area contributed by atoms with Crippen LogP contribution in [0.15, 0.2) is 23.1 Å². The van der Waals surface area contributed by atoms with Crippen molar-refractivity contribution in [1.82, 2.24) is 0 Å². The van der Waals surface area contributed by atoms with Crippen LogP contribution in [0.25, 0.3) is 0 Å². The number of fused-ring (bicyclic) bond motifs is 1. The van der Waals surface area contributed by atoms with E-state index in [-0.39, 0.29) is 5.75 Å². The Morgan fingerprint density at radius 3 is 2.73 bits per heavy atom. The minimum atomic E-state index is -0.752. The summed E-state index contributed by atoms with van der Waals surface area (Å²) in [7, 11) is 0. The highest BCUT2D eigenvalue weighted by atomic mass is 32.2. The van der Waals surface area contributed by atoms with Gasteiger partial charge in [0.25, 0.3) is 0 Å². The van der Waals surface area contributed by atoms with Crippen molar-refractivity contribution in [3.8, 4) is 0 Å². The van der Waals surface area contributed by atoms with E-state index in [0.717, 1.165) is 11.3 Å². The lowest BCUT2D eigenvalue weighted by molar-refractivity contribution is -0.133. The van der Waals surface area contributed by atoms with E-state index in [0.29, 0.717) is 0 Å².